The summed E-state index contributed by atoms with van der Waals surface area (Å²) in [6, 6.07) is 0. The first-order valence-corrected chi connectivity index (χ1v) is 3.23. The van der Waals surface area contributed by atoms with Crippen molar-refractivity contribution in [3.05, 3.63) is 23.8 Å². The van der Waals surface area contributed by atoms with Crippen LogP contribution in [0.25, 0.3) is 0 Å². The van der Waals surface area contributed by atoms with Crippen molar-refractivity contribution in [3.8, 4) is 0 Å². The normalized spacial score (nSPS) is 15.8. The molecule has 9 heavy (non-hydrogen) atoms. The maximum Gasteiger partial charge on any atom is 0.151 e. The maximum atomic E-state index is 10.9. The van der Waals surface area contributed by atoms with E-state index >= 15 is 0 Å². The standard InChI is InChI=1S/C7H9BO/c8-5-7(9)6-3-1-2-4-6/h1-3H,4-5,8H2. The first kappa shape index (κ1) is 6.34. The molecule has 0 fully saturated rings. The average molecular weight is 120 g/mol. The third kappa shape index (κ3) is 1.32. The van der Waals surface area contributed by atoms with Crippen LogP contribution in [0, 0.1) is 0 Å². The maximum absolute atomic E-state index is 10.9. The zero-order chi connectivity index (χ0) is 6.69. The van der Waals surface area contributed by atoms with Crippen LogP contribution in [0.3, 0.4) is 0 Å². The Morgan fingerprint density at radius 3 is 3.00 bits per heavy atom. The fourth-order valence-corrected chi connectivity index (χ4v) is 0.881. The van der Waals surface area contributed by atoms with E-state index < -0.39 is 0 Å². The molecule has 1 aliphatic rings. The molecule has 0 saturated carbocycles. The van der Waals surface area contributed by atoms with Crippen LogP contribution in [-0.4, -0.2) is 13.6 Å². The van der Waals surface area contributed by atoms with Gasteiger partial charge in [-0.2, -0.15) is 0 Å². The molecule has 0 atom stereocenters. The van der Waals surface area contributed by atoms with Crippen molar-refractivity contribution in [2.24, 2.45) is 0 Å². The lowest BCUT2D eigenvalue weighted by Gasteiger charge is -1.93. The van der Waals surface area contributed by atoms with E-state index in [-0.39, 0.29) is 5.78 Å². The van der Waals surface area contributed by atoms with Gasteiger partial charge in [0.2, 0.25) is 0 Å². The number of Topliss-reactive ketones (excluding diaryl/α,β-unsaturated/α-hetero) is 1. The molecule has 1 nitrogen and oxygen atoms in total. The summed E-state index contributed by atoms with van der Waals surface area (Å²) >= 11 is 0. The summed E-state index contributed by atoms with van der Waals surface area (Å²) in [5.74, 6) is 0.278. The highest BCUT2D eigenvalue weighted by molar-refractivity contribution is 6.24. The number of carbonyl (C=O) groups excluding carboxylic acids is 1. The Labute approximate surface area is 55.9 Å². The Kier molecular flexibility index (Phi) is 1.88. The van der Waals surface area contributed by atoms with Gasteiger partial charge in [0.1, 0.15) is 7.85 Å². The summed E-state index contributed by atoms with van der Waals surface area (Å²) in [5, 5.41) is 0. The van der Waals surface area contributed by atoms with Gasteiger partial charge in [0.25, 0.3) is 0 Å². The van der Waals surface area contributed by atoms with Crippen LogP contribution in [0.1, 0.15) is 6.42 Å². The van der Waals surface area contributed by atoms with Crippen molar-refractivity contribution in [2.45, 2.75) is 12.7 Å². The molecule has 0 aromatic heterocycles. The van der Waals surface area contributed by atoms with Gasteiger partial charge in [0.15, 0.2) is 5.78 Å². The molecule has 0 radical (unpaired) electrons. The molecule has 0 bridgehead atoms. The quantitative estimate of drug-likeness (QED) is 0.484. The van der Waals surface area contributed by atoms with E-state index in [1.54, 1.807) is 0 Å². The van der Waals surface area contributed by atoms with Crippen LogP contribution in [-0.2, 0) is 4.79 Å². The SMILES string of the molecule is BCC(=O)C1=CC=CC1. The molecule has 2 heteroatoms. The molecule has 0 heterocycles. The first-order valence-electron chi connectivity index (χ1n) is 3.23. The Morgan fingerprint density at radius 1 is 1.78 bits per heavy atom. The largest absolute Gasteiger partial charge is 0.295 e. The zero-order valence-corrected chi connectivity index (χ0v) is 5.55. The molecule has 0 saturated heterocycles. The van der Waals surface area contributed by atoms with Crippen LogP contribution >= 0.6 is 0 Å². The minimum Gasteiger partial charge on any atom is -0.295 e. The molecule has 0 aromatic rings. The van der Waals surface area contributed by atoms with Crippen molar-refractivity contribution in [2.75, 3.05) is 0 Å². The molecular weight excluding hydrogens is 111 g/mol. The smallest absolute Gasteiger partial charge is 0.151 e. The number of carbonyl (C=O) groups is 1. The summed E-state index contributed by atoms with van der Waals surface area (Å²) in [5.41, 5.74) is 0.956. The predicted octanol–water partition coefficient (Wildman–Crippen LogP) is 0.493. The lowest BCUT2D eigenvalue weighted by atomic mass is 9.95. The van der Waals surface area contributed by atoms with Crippen molar-refractivity contribution >= 4 is 13.6 Å². The van der Waals surface area contributed by atoms with Crippen molar-refractivity contribution in [1.82, 2.24) is 0 Å². The van der Waals surface area contributed by atoms with E-state index in [9.17, 15) is 4.79 Å². The fourth-order valence-electron chi connectivity index (χ4n) is 0.881. The van der Waals surface area contributed by atoms with Crippen LogP contribution in [0.2, 0.25) is 6.32 Å². The van der Waals surface area contributed by atoms with E-state index in [2.05, 4.69) is 0 Å². The lowest BCUT2D eigenvalue weighted by molar-refractivity contribution is -0.113. The summed E-state index contributed by atoms with van der Waals surface area (Å²) < 4.78 is 0. The highest BCUT2D eigenvalue weighted by Crippen LogP contribution is 2.11. The lowest BCUT2D eigenvalue weighted by Crippen LogP contribution is -1.97. The third-order valence-corrected chi connectivity index (χ3v) is 1.45. The number of allylic oxidation sites excluding steroid dienone is 4. The minimum absolute atomic E-state index is 0.278. The third-order valence-electron chi connectivity index (χ3n) is 1.45. The van der Waals surface area contributed by atoms with E-state index in [0.29, 0.717) is 6.32 Å². The van der Waals surface area contributed by atoms with E-state index in [1.165, 1.54) is 0 Å². The zero-order valence-electron chi connectivity index (χ0n) is 5.55. The molecule has 1 rings (SSSR count). The predicted molar refractivity (Wildman–Crippen MR) is 40.2 cm³/mol. The van der Waals surface area contributed by atoms with Gasteiger partial charge in [0, 0.05) is 0 Å². The molecule has 0 N–H and O–H groups in total. The molecule has 0 spiro atoms. The summed E-state index contributed by atoms with van der Waals surface area (Å²) in [6.07, 6.45) is 7.30. The summed E-state index contributed by atoms with van der Waals surface area (Å²) in [7, 11) is 1.89. The Hall–Kier alpha value is -0.785. The average Bonchev–Trinajstić information content (AvgIpc) is 2.37. The van der Waals surface area contributed by atoms with Gasteiger partial charge in [-0.05, 0) is 18.3 Å². The number of rotatable bonds is 2. The van der Waals surface area contributed by atoms with Gasteiger partial charge in [0.05, 0.1) is 0 Å². The van der Waals surface area contributed by atoms with Gasteiger partial charge in [-0.3, -0.25) is 4.79 Å². The topological polar surface area (TPSA) is 17.1 Å². The van der Waals surface area contributed by atoms with Gasteiger partial charge in [-0.1, -0.05) is 18.2 Å². The second-order valence-corrected chi connectivity index (χ2v) is 2.10. The van der Waals surface area contributed by atoms with Crippen molar-refractivity contribution in [1.29, 1.82) is 0 Å². The van der Waals surface area contributed by atoms with Crippen LogP contribution in [0.4, 0.5) is 0 Å². The second kappa shape index (κ2) is 2.67. The molecule has 0 amide bonds. The van der Waals surface area contributed by atoms with Gasteiger partial charge in [-0.15, -0.1) is 0 Å². The van der Waals surface area contributed by atoms with E-state index in [0.717, 1.165) is 12.0 Å². The fraction of sp³-hybridized carbons (Fsp3) is 0.286. The number of hydrogen-bond donors (Lipinski definition) is 0. The molecular formula is C7H9BO. The number of ketones is 1. The van der Waals surface area contributed by atoms with Crippen LogP contribution in [0.5, 0.6) is 0 Å². The Bertz CT molecular complexity index is 179. The highest BCUT2D eigenvalue weighted by Gasteiger charge is 2.05. The molecule has 0 aliphatic heterocycles. The number of hydrogen-bond acceptors (Lipinski definition) is 1. The summed E-state index contributed by atoms with van der Waals surface area (Å²) in [6.45, 7) is 0. The molecule has 46 valence electrons. The van der Waals surface area contributed by atoms with Crippen molar-refractivity contribution < 1.29 is 4.79 Å². The molecule has 0 unspecified atom stereocenters. The second-order valence-electron chi connectivity index (χ2n) is 2.10. The van der Waals surface area contributed by atoms with E-state index in [4.69, 9.17) is 0 Å². The minimum atomic E-state index is 0.278. The highest BCUT2D eigenvalue weighted by atomic mass is 16.1. The Balaban J connectivity index is 2.55. The summed E-state index contributed by atoms with van der Waals surface area (Å²) in [4.78, 5) is 10.9. The van der Waals surface area contributed by atoms with Crippen LogP contribution in [0.15, 0.2) is 23.8 Å². The van der Waals surface area contributed by atoms with Gasteiger partial charge in [-0.25, -0.2) is 0 Å². The van der Waals surface area contributed by atoms with E-state index in [1.807, 2.05) is 26.1 Å². The van der Waals surface area contributed by atoms with Crippen molar-refractivity contribution in [3.63, 3.8) is 0 Å². The van der Waals surface area contributed by atoms with Gasteiger partial charge >= 0.3 is 0 Å². The Morgan fingerprint density at radius 2 is 2.56 bits per heavy atom. The molecule has 1 aliphatic carbocycles. The molecule has 0 aromatic carbocycles. The monoisotopic (exact) mass is 120 g/mol. The first-order chi connectivity index (χ1) is 4.34. The van der Waals surface area contributed by atoms with Crippen LogP contribution < -0.4 is 0 Å². The van der Waals surface area contributed by atoms with Gasteiger partial charge < -0.3 is 0 Å².